The van der Waals surface area contributed by atoms with E-state index in [0.29, 0.717) is 0 Å². The molecule has 7 nitrogen and oxygen atoms in total. The van der Waals surface area contributed by atoms with Crippen LogP contribution >= 0.6 is 0 Å². The second-order valence-electron chi connectivity index (χ2n) is 6.47. The standard InChI is InChI=1S/C15H23NO6Si/c1-9(23(4,5)6)14(15(17)18)10-7-12(21-2)13(22-3)8-11(10)16(19)20/h7-9,14H,1-6H3,(H,17,18)/p-1. The van der Waals surface area contributed by atoms with E-state index >= 15 is 0 Å². The molecule has 0 aliphatic heterocycles. The Morgan fingerprint density at radius 2 is 1.65 bits per heavy atom. The molecule has 0 saturated heterocycles. The van der Waals surface area contributed by atoms with E-state index in [1.807, 2.05) is 19.6 Å². The van der Waals surface area contributed by atoms with Crippen LogP contribution in [-0.4, -0.2) is 33.2 Å². The van der Waals surface area contributed by atoms with Crippen molar-refractivity contribution in [3.63, 3.8) is 0 Å². The molecular formula is C15H22NO6Si-. The van der Waals surface area contributed by atoms with E-state index in [1.54, 1.807) is 6.92 Å². The molecule has 0 N–H and O–H groups in total. The molecular weight excluding hydrogens is 318 g/mol. The number of hydrogen-bond donors (Lipinski definition) is 0. The third-order valence-electron chi connectivity index (χ3n) is 4.18. The fourth-order valence-electron chi connectivity index (χ4n) is 2.39. The minimum atomic E-state index is -1.89. The molecule has 0 aliphatic carbocycles. The summed E-state index contributed by atoms with van der Waals surface area (Å²) in [7, 11) is 0.864. The minimum absolute atomic E-state index is 0.0857. The van der Waals surface area contributed by atoms with E-state index < -0.39 is 24.9 Å². The van der Waals surface area contributed by atoms with Gasteiger partial charge in [0.15, 0.2) is 11.5 Å². The Hall–Kier alpha value is -2.09. The Morgan fingerprint density at radius 3 is 2.00 bits per heavy atom. The summed E-state index contributed by atoms with van der Waals surface area (Å²) in [6.45, 7) is 7.84. The highest BCUT2D eigenvalue weighted by Gasteiger charge is 2.36. The number of rotatable bonds is 7. The van der Waals surface area contributed by atoms with Gasteiger partial charge in [0.2, 0.25) is 0 Å². The number of carbonyl (C=O) groups is 1. The average molecular weight is 340 g/mol. The highest BCUT2D eigenvalue weighted by molar-refractivity contribution is 6.77. The van der Waals surface area contributed by atoms with Crippen molar-refractivity contribution >= 4 is 19.7 Å². The van der Waals surface area contributed by atoms with Crippen molar-refractivity contribution in [1.29, 1.82) is 0 Å². The SMILES string of the molecule is COc1cc(C(C(=O)[O-])C(C)[Si](C)(C)C)c([N+](=O)[O-])cc1OC. The van der Waals surface area contributed by atoms with Crippen LogP contribution in [0, 0.1) is 10.1 Å². The van der Waals surface area contributed by atoms with Crippen molar-refractivity contribution in [1.82, 2.24) is 0 Å². The lowest BCUT2D eigenvalue weighted by atomic mass is 9.94. The summed E-state index contributed by atoms with van der Waals surface area (Å²) in [5.41, 5.74) is -0.478. The molecule has 0 fully saturated rings. The van der Waals surface area contributed by atoms with Gasteiger partial charge in [-0.1, -0.05) is 26.6 Å². The topological polar surface area (TPSA) is 102 Å². The van der Waals surface area contributed by atoms with Crippen LogP contribution in [-0.2, 0) is 4.79 Å². The van der Waals surface area contributed by atoms with Gasteiger partial charge in [-0.15, -0.1) is 0 Å². The van der Waals surface area contributed by atoms with E-state index in [9.17, 15) is 20.0 Å². The zero-order valence-electron chi connectivity index (χ0n) is 14.2. The normalized spacial score (nSPS) is 14.0. The molecule has 128 valence electrons. The van der Waals surface area contributed by atoms with Crippen LogP contribution in [0.15, 0.2) is 12.1 Å². The van der Waals surface area contributed by atoms with Crippen LogP contribution < -0.4 is 14.6 Å². The molecule has 0 radical (unpaired) electrons. The number of ether oxygens (including phenoxy) is 2. The molecule has 2 atom stereocenters. The van der Waals surface area contributed by atoms with Crippen LogP contribution in [0.5, 0.6) is 11.5 Å². The molecule has 0 aliphatic rings. The molecule has 0 spiro atoms. The van der Waals surface area contributed by atoms with Crippen molar-refractivity contribution in [2.45, 2.75) is 38.0 Å². The van der Waals surface area contributed by atoms with E-state index in [1.165, 1.54) is 26.4 Å². The highest BCUT2D eigenvalue weighted by atomic mass is 28.3. The first-order chi connectivity index (χ1) is 10.5. The maximum Gasteiger partial charge on any atom is 0.277 e. The lowest BCUT2D eigenvalue weighted by Crippen LogP contribution is -2.40. The molecule has 0 heterocycles. The molecule has 1 aromatic carbocycles. The van der Waals surface area contributed by atoms with Gasteiger partial charge in [-0.25, -0.2) is 0 Å². The Morgan fingerprint density at radius 1 is 1.17 bits per heavy atom. The van der Waals surface area contributed by atoms with Gasteiger partial charge in [0.05, 0.1) is 25.2 Å². The van der Waals surface area contributed by atoms with Gasteiger partial charge in [0, 0.05) is 25.5 Å². The molecule has 0 aromatic heterocycles. The van der Waals surface area contributed by atoms with Crippen molar-refractivity contribution in [3.8, 4) is 11.5 Å². The summed E-state index contributed by atoms with van der Waals surface area (Å²) in [6, 6.07) is 2.56. The third-order valence-corrected chi connectivity index (χ3v) is 7.25. The molecule has 0 saturated carbocycles. The number of nitro groups is 1. The Bertz CT molecular complexity index is 611. The largest absolute Gasteiger partial charge is 0.549 e. The van der Waals surface area contributed by atoms with Crippen LogP contribution in [0.4, 0.5) is 5.69 Å². The summed E-state index contributed by atoms with van der Waals surface area (Å²) in [6.07, 6.45) is 0. The second kappa shape index (κ2) is 6.99. The maximum atomic E-state index is 11.7. The zero-order chi connectivity index (χ0) is 17.9. The third kappa shape index (κ3) is 4.01. The Labute approximate surface area is 136 Å². The predicted molar refractivity (Wildman–Crippen MR) is 86.7 cm³/mol. The van der Waals surface area contributed by atoms with E-state index in [0.717, 1.165) is 0 Å². The molecule has 0 bridgehead atoms. The van der Waals surface area contributed by atoms with Crippen molar-refractivity contribution in [2.24, 2.45) is 0 Å². The number of benzene rings is 1. The van der Waals surface area contributed by atoms with Gasteiger partial charge in [-0.3, -0.25) is 10.1 Å². The van der Waals surface area contributed by atoms with Crippen LogP contribution in [0.1, 0.15) is 18.4 Å². The molecule has 23 heavy (non-hydrogen) atoms. The number of nitrogens with zero attached hydrogens (tertiary/aromatic N) is 1. The highest BCUT2D eigenvalue weighted by Crippen LogP contribution is 2.44. The molecule has 1 aromatic rings. The number of carboxylic acids is 1. The number of hydrogen-bond acceptors (Lipinski definition) is 6. The molecule has 2 unspecified atom stereocenters. The molecule has 0 amide bonds. The first kappa shape index (κ1) is 19.0. The lowest BCUT2D eigenvalue weighted by molar-refractivity contribution is -0.386. The predicted octanol–water partition coefficient (Wildman–Crippen LogP) is 2.17. The van der Waals surface area contributed by atoms with Crippen LogP contribution in [0.3, 0.4) is 0 Å². The van der Waals surface area contributed by atoms with E-state index in [4.69, 9.17) is 9.47 Å². The van der Waals surface area contributed by atoms with Gasteiger partial charge in [-0.2, -0.15) is 0 Å². The summed E-state index contributed by atoms with van der Waals surface area (Å²) >= 11 is 0. The summed E-state index contributed by atoms with van der Waals surface area (Å²) in [4.78, 5) is 22.5. The smallest absolute Gasteiger partial charge is 0.277 e. The quantitative estimate of drug-likeness (QED) is 0.428. The van der Waals surface area contributed by atoms with Gasteiger partial charge in [0.25, 0.3) is 5.69 Å². The average Bonchev–Trinajstić information content (AvgIpc) is 2.45. The van der Waals surface area contributed by atoms with Gasteiger partial charge in [-0.05, 0) is 11.6 Å². The number of carboxylic acid groups (broad SMARTS) is 1. The first-order valence-corrected chi connectivity index (χ1v) is 10.7. The van der Waals surface area contributed by atoms with Gasteiger partial charge >= 0.3 is 0 Å². The molecule has 1 rings (SSSR count). The second-order valence-corrected chi connectivity index (χ2v) is 12.1. The Balaban J connectivity index is 3.64. The first-order valence-electron chi connectivity index (χ1n) is 7.15. The fourth-order valence-corrected chi connectivity index (χ4v) is 3.71. The van der Waals surface area contributed by atoms with Gasteiger partial charge < -0.3 is 19.4 Å². The van der Waals surface area contributed by atoms with Crippen molar-refractivity contribution in [2.75, 3.05) is 14.2 Å². The van der Waals surface area contributed by atoms with Crippen molar-refractivity contribution < 1.29 is 24.3 Å². The summed E-state index contributed by atoms with van der Waals surface area (Å²) in [5.74, 6) is -1.97. The molecule has 8 heteroatoms. The van der Waals surface area contributed by atoms with E-state index in [-0.39, 0.29) is 28.3 Å². The number of nitro benzene ring substituents is 1. The maximum absolute atomic E-state index is 11.7. The zero-order valence-corrected chi connectivity index (χ0v) is 15.2. The fraction of sp³-hybridized carbons (Fsp3) is 0.533. The van der Waals surface area contributed by atoms with Gasteiger partial charge in [0.1, 0.15) is 0 Å². The summed E-state index contributed by atoms with van der Waals surface area (Å²) < 4.78 is 10.2. The Kier molecular flexibility index (Phi) is 5.76. The van der Waals surface area contributed by atoms with Crippen LogP contribution in [0.25, 0.3) is 0 Å². The van der Waals surface area contributed by atoms with Crippen LogP contribution in [0.2, 0.25) is 25.2 Å². The number of aliphatic carboxylic acids is 1. The minimum Gasteiger partial charge on any atom is -0.549 e. The lowest BCUT2D eigenvalue weighted by Gasteiger charge is -2.34. The van der Waals surface area contributed by atoms with Crippen molar-refractivity contribution in [3.05, 3.63) is 27.8 Å². The monoisotopic (exact) mass is 340 g/mol. The van der Waals surface area contributed by atoms with E-state index in [2.05, 4.69) is 0 Å². The summed E-state index contributed by atoms with van der Waals surface area (Å²) in [5, 5.41) is 23.1. The number of methoxy groups -OCH3 is 2. The number of carbonyl (C=O) groups excluding carboxylic acids is 1.